The third-order valence-electron chi connectivity index (χ3n) is 4.33. The summed E-state index contributed by atoms with van der Waals surface area (Å²) in [6.07, 6.45) is 7.16. The molecule has 0 atom stereocenters. The number of nitrogens with one attached hydrogen (secondary N) is 2. The van der Waals surface area contributed by atoms with Crippen molar-refractivity contribution in [1.82, 2.24) is 10.4 Å². The number of hydrazone groups is 1. The van der Waals surface area contributed by atoms with E-state index >= 15 is 0 Å². The van der Waals surface area contributed by atoms with Gasteiger partial charge < -0.3 is 10.2 Å². The van der Waals surface area contributed by atoms with Crippen LogP contribution in [0.25, 0.3) is 0 Å². The van der Waals surface area contributed by atoms with E-state index in [9.17, 15) is 0 Å². The Hall–Kier alpha value is -2.73. The number of likely N-dealkylation sites (N-methyl/N-ethyl adjacent to an activating group) is 1. The third kappa shape index (κ3) is 3.53. The zero-order valence-electron chi connectivity index (χ0n) is 14.5. The first-order valence-corrected chi connectivity index (χ1v) is 8.45. The number of fused-ring (bicyclic) bond motifs is 1. The molecular formula is C19H21N5S. The fourth-order valence-electron chi connectivity index (χ4n) is 3.10. The predicted octanol–water partition coefficient (Wildman–Crippen LogP) is 3.67. The number of aromatic nitrogens is 1. The molecule has 0 aliphatic carbocycles. The maximum atomic E-state index is 5.21. The highest BCUT2D eigenvalue weighted by Crippen LogP contribution is 2.46. The van der Waals surface area contributed by atoms with Gasteiger partial charge in [-0.1, -0.05) is 32.0 Å². The highest BCUT2D eigenvalue weighted by Gasteiger charge is 2.37. The lowest BCUT2D eigenvalue weighted by atomic mass is 9.84. The van der Waals surface area contributed by atoms with E-state index in [2.05, 4.69) is 70.9 Å². The van der Waals surface area contributed by atoms with Crippen molar-refractivity contribution in [1.29, 1.82) is 0 Å². The van der Waals surface area contributed by atoms with Crippen LogP contribution in [0.5, 0.6) is 0 Å². The largest absolute Gasteiger partial charge is 0.347 e. The second kappa shape index (κ2) is 7.03. The van der Waals surface area contributed by atoms with E-state index in [0.717, 1.165) is 5.69 Å². The van der Waals surface area contributed by atoms with Gasteiger partial charge in [0.1, 0.15) is 0 Å². The predicted molar refractivity (Wildman–Crippen MR) is 108 cm³/mol. The molecule has 1 aliphatic heterocycles. The minimum Gasteiger partial charge on any atom is -0.347 e. The molecule has 5 nitrogen and oxygen atoms in total. The number of rotatable bonds is 3. The van der Waals surface area contributed by atoms with Crippen molar-refractivity contribution < 1.29 is 0 Å². The van der Waals surface area contributed by atoms with Gasteiger partial charge in [0.25, 0.3) is 0 Å². The van der Waals surface area contributed by atoms with E-state index in [-0.39, 0.29) is 5.41 Å². The normalized spacial score (nSPS) is 16.9. The standard InChI is InChI=1S/C19H21N5S/c1-19(2)15-8-4-5-9-16(15)24(3)17(19)10-12-21-23-18(25)22-14-7-6-11-20-13-14/h4-13H,1-3H3,(H2,22,23,25)/b17-10-,21-12+. The van der Waals surface area contributed by atoms with E-state index in [1.165, 1.54) is 16.9 Å². The fraction of sp³-hybridized carbons (Fsp3) is 0.211. The number of benzene rings is 1. The fourth-order valence-corrected chi connectivity index (χ4v) is 3.27. The molecule has 128 valence electrons. The number of para-hydroxylation sites is 1. The number of nitrogens with zero attached hydrogens (tertiary/aromatic N) is 3. The summed E-state index contributed by atoms with van der Waals surface area (Å²) >= 11 is 5.21. The van der Waals surface area contributed by atoms with E-state index in [4.69, 9.17) is 12.2 Å². The van der Waals surface area contributed by atoms with Crippen molar-refractivity contribution in [2.75, 3.05) is 17.3 Å². The SMILES string of the molecule is CN1/C(=C\C=N\NC(=S)Nc2cccnc2)C(C)(C)c2ccccc21. The van der Waals surface area contributed by atoms with Gasteiger partial charge in [0.15, 0.2) is 5.11 Å². The first kappa shape index (κ1) is 17.1. The minimum absolute atomic E-state index is 0.0637. The Morgan fingerprint density at radius 3 is 2.76 bits per heavy atom. The number of hydrogen-bond donors (Lipinski definition) is 2. The van der Waals surface area contributed by atoms with E-state index in [1.54, 1.807) is 18.6 Å². The van der Waals surface area contributed by atoms with Gasteiger partial charge in [-0.2, -0.15) is 5.10 Å². The second-order valence-corrected chi connectivity index (χ2v) is 6.75. The summed E-state index contributed by atoms with van der Waals surface area (Å²) in [4.78, 5) is 6.23. The lowest BCUT2D eigenvalue weighted by Crippen LogP contribution is -2.24. The van der Waals surface area contributed by atoms with Crippen LogP contribution in [0, 0.1) is 0 Å². The van der Waals surface area contributed by atoms with Gasteiger partial charge in [0.2, 0.25) is 0 Å². The van der Waals surface area contributed by atoms with E-state index < -0.39 is 0 Å². The van der Waals surface area contributed by atoms with Crippen molar-refractivity contribution in [3.63, 3.8) is 0 Å². The molecular weight excluding hydrogens is 330 g/mol. The molecule has 1 aliphatic rings. The summed E-state index contributed by atoms with van der Waals surface area (Å²) in [5.41, 5.74) is 7.31. The number of anilines is 2. The molecule has 2 N–H and O–H groups in total. The van der Waals surface area contributed by atoms with Crippen LogP contribution in [0.2, 0.25) is 0 Å². The maximum absolute atomic E-state index is 5.21. The van der Waals surface area contributed by atoms with Crippen LogP contribution < -0.4 is 15.6 Å². The third-order valence-corrected chi connectivity index (χ3v) is 4.53. The van der Waals surface area contributed by atoms with Crippen LogP contribution in [0.3, 0.4) is 0 Å². The Bertz CT molecular complexity index is 827. The Morgan fingerprint density at radius 2 is 2.04 bits per heavy atom. The molecule has 0 saturated heterocycles. The summed E-state index contributed by atoms with van der Waals surface area (Å²) in [6.45, 7) is 4.44. The van der Waals surface area contributed by atoms with Crippen molar-refractivity contribution in [2.24, 2.45) is 5.10 Å². The molecule has 0 spiro atoms. The Labute approximate surface area is 153 Å². The van der Waals surface area contributed by atoms with Crippen LogP contribution >= 0.6 is 12.2 Å². The van der Waals surface area contributed by atoms with Crippen molar-refractivity contribution in [2.45, 2.75) is 19.3 Å². The van der Waals surface area contributed by atoms with E-state index in [1.807, 2.05) is 18.2 Å². The van der Waals surface area contributed by atoms with Crippen molar-refractivity contribution >= 4 is 34.9 Å². The second-order valence-electron chi connectivity index (χ2n) is 6.34. The number of hydrogen-bond acceptors (Lipinski definition) is 4. The van der Waals surface area contributed by atoms with Crippen molar-refractivity contribution in [3.05, 3.63) is 66.1 Å². The highest BCUT2D eigenvalue weighted by molar-refractivity contribution is 7.80. The van der Waals surface area contributed by atoms with Gasteiger partial charge in [-0.15, -0.1) is 0 Å². The van der Waals surface area contributed by atoms with Gasteiger partial charge in [0.05, 0.1) is 11.9 Å². The Balaban J connectivity index is 1.66. The van der Waals surface area contributed by atoms with Crippen LogP contribution in [-0.4, -0.2) is 23.4 Å². The molecule has 1 aromatic heterocycles. The number of pyridine rings is 1. The molecule has 3 rings (SSSR count). The van der Waals surface area contributed by atoms with Gasteiger partial charge in [-0.25, -0.2) is 0 Å². The van der Waals surface area contributed by atoms with Gasteiger partial charge >= 0.3 is 0 Å². The summed E-state index contributed by atoms with van der Waals surface area (Å²) in [6, 6.07) is 12.2. The quantitative estimate of drug-likeness (QED) is 0.502. The number of thiocarbonyl (C=S) groups is 1. The first-order chi connectivity index (χ1) is 12.0. The summed E-state index contributed by atoms with van der Waals surface area (Å²) in [5, 5.41) is 7.64. The lowest BCUT2D eigenvalue weighted by Gasteiger charge is -2.23. The van der Waals surface area contributed by atoms with Crippen LogP contribution in [-0.2, 0) is 5.41 Å². The molecule has 0 bridgehead atoms. The molecule has 2 aromatic rings. The summed E-state index contributed by atoms with van der Waals surface area (Å²) < 4.78 is 0. The minimum atomic E-state index is -0.0637. The van der Waals surface area contributed by atoms with Crippen LogP contribution in [0.4, 0.5) is 11.4 Å². The van der Waals surface area contributed by atoms with Gasteiger partial charge in [0, 0.05) is 36.3 Å². The Kier molecular flexibility index (Phi) is 4.81. The van der Waals surface area contributed by atoms with Crippen molar-refractivity contribution in [3.8, 4) is 0 Å². The smallest absolute Gasteiger partial charge is 0.191 e. The highest BCUT2D eigenvalue weighted by atomic mass is 32.1. The molecule has 1 aromatic carbocycles. The molecule has 0 radical (unpaired) electrons. The van der Waals surface area contributed by atoms with E-state index in [0.29, 0.717) is 5.11 Å². The topological polar surface area (TPSA) is 52.5 Å². The molecule has 25 heavy (non-hydrogen) atoms. The van der Waals surface area contributed by atoms with Gasteiger partial charge in [-0.05, 0) is 42.1 Å². The molecule has 0 amide bonds. The number of allylic oxidation sites excluding steroid dienone is 2. The molecule has 0 unspecified atom stereocenters. The lowest BCUT2D eigenvalue weighted by molar-refractivity contribution is 0.641. The summed E-state index contributed by atoms with van der Waals surface area (Å²) in [5.74, 6) is 0. The average molecular weight is 351 g/mol. The van der Waals surface area contributed by atoms with Crippen LogP contribution in [0.1, 0.15) is 19.4 Å². The first-order valence-electron chi connectivity index (χ1n) is 8.04. The molecule has 0 saturated carbocycles. The zero-order valence-corrected chi connectivity index (χ0v) is 15.3. The Morgan fingerprint density at radius 1 is 1.24 bits per heavy atom. The zero-order chi connectivity index (χ0) is 17.9. The molecule has 0 fully saturated rings. The molecule has 6 heteroatoms. The maximum Gasteiger partial charge on any atom is 0.191 e. The average Bonchev–Trinajstić information content (AvgIpc) is 2.80. The van der Waals surface area contributed by atoms with Gasteiger partial charge in [-0.3, -0.25) is 10.4 Å². The summed E-state index contributed by atoms with van der Waals surface area (Å²) in [7, 11) is 2.08. The molecule has 2 heterocycles. The van der Waals surface area contributed by atoms with Crippen LogP contribution in [0.15, 0.2) is 65.7 Å². The monoisotopic (exact) mass is 351 g/mol.